The summed E-state index contributed by atoms with van der Waals surface area (Å²) in [6, 6.07) is 13.4. The molecule has 0 bridgehead atoms. The Labute approximate surface area is 239 Å². The Morgan fingerprint density at radius 3 is 2.39 bits per heavy atom. The van der Waals surface area contributed by atoms with E-state index in [1.165, 1.54) is 17.1 Å². The number of non-ortho nitro benzene ring substituents is 1. The van der Waals surface area contributed by atoms with E-state index in [0.29, 0.717) is 44.2 Å². The molecule has 1 aliphatic carbocycles. The molecule has 1 unspecified atom stereocenters. The van der Waals surface area contributed by atoms with Crippen LogP contribution < -0.4 is 4.74 Å². The van der Waals surface area contributed by atoms with Gasteiger partial charge < -0.3 is 14.4 Å². The highest BCUT2D eigenvalue weighted by Gasteiger charge is 2.36. The first-order chi connectivity index (χ1) is 19.9. The average Bonchev–Trinajstić information content (AvgIpc) is 3.71. The summed E-state index contributed by atoms with van der Waals surface area (Å²) >= 11 is 0. The number of carbonyl (C=O) groups excluding carboxylic acids is 2. The molecular formula is C30H37N5O6. The minimum atomic E-state index is -0.441. The lowest BCUT2D eigenvalue weighted by Crippen LogP contribution is -2.47. The molecule has 2 amide bonds. The molecule has 11 nitrogen and oxygen atoms in total. The van der Waals surface area contributed by atoms with Gasteiger partial charge in [0.1, 0.15) is 12.3 Å². The maximum atomic E-state index is 13.9. The van der Waals surface area contributed by atoms with Crippen LogP contribution in [0.4, 0.5) is 5.69 Å². The molecule has 1 saturated carbocycles. The van der Waals surface area contributed by atoms with Crippen molar-refractivity contribution < 1.29 is 24.0 Å². The lowest BCUT2D eigenvalue weighted by molar-refractivity contribution is -0.384. The summed E-state index contributed by atoms with van der Waals surface area (Å²) in [7, 11) is 1.60. The number of carbonyl (C=O) groups is 2. The van der Waals surface area contributed by atoms with Crippen LogP contribution in [0.1, 0.15) is 49.3 Å². The topological polar surface area (TPSA) is 118 Å². The van der Waals surface area contributed by atoms with Gasteiger partial charge in [0, 0.05) is 50.7 Å². The number of amides is 2. The van der Waals surface area contributed by atoms with Crippen LogP contribution in [-0.2, 0) is 14.3 Å². The predicted molar refractivity (Wildman–Crippen MR) is 153 cm³/mol. The number of hydrogen-bond donors (Lipinski definition) is 0. The lowest BCUT2D eigenvalue weighted by Gasteiger charge is -2.32. The molecule has 218 valence electrons. The third-order valence-corrected chi connectivity index (χ3v) is 8.21. The first-order valence-corrected chi connectivity index (χ1v) is 14.3. The number of methoxy groups -OCH3 is 1. The molecule has 3 aliphatic rings. The molecule has 0 aromatic heterocycles. The minimum Gasteiger partial charge on any atom is -0.497 e. The quantitative estimate of drug-likeness (QED) is 0.320. The maximum Gasteiger partial charge on any atom is 0.269 e. The molecule has 0 N–H and O–H groups in total. The van der Waals surface area contributed by atoms with Crippen molar-refractivity contribution in [2.75, 3.05) is 53.0 Å². The minimum absolute atomic E-state index is 0.00619. The van der Waals surface area contributed by atoms with Crippen molar-refractivity contribution in [3.05, 3.63) is 69.8 Å². The van der Waals surface area contributed by atoms with Crippen LogP contribution in [0, 0.1) is 16.0 Å². The van der Waals surface area contributed by atoms with Gasteiger partial charge in [-0.25, -0.2) is 5.01 Å². The number of benzene rings is 2. The summed E-state index contributed by atoms with van der Waals surface area (Å²) in [4.78, 5) is 42.2. The zero-order chi connectivity index (χ0) is 28.8. The summed E-state index contributed by atoms with van der Waals surface area (Å²) in [6.07, 6.45) is 4.25. The normalized spacial score (nSPS) is 19.7. The second-order valence-corrected chi connectivity index (χ2v) is 10.8. The van der Waals surface area contributed by atoms with E-state index >= 15 is 0 Å². The molecule has 2 aliphatic heterocycles. The van der Waals surface area contributed by atoms with Gasteiger partial charge in [-0.05, 0) is 48.2 Å². The van der Waals surface area contributed by atoms with E-state index in [4.69, 9.17) is 14.6 Å². The van der Waals surface area contributed by atoms with Crippen molar-refractivity contribution in [1.29, 1.82) is 0 Å². The third-order valence-electron chi connectivity index (χ3n) is 8.21. The predicted octanol–water partition coefficient (Wildman–Crippen LogP) is 3.63. The van der Waals surface area contributed by atoms with E-state index in [1.807, 2.05) is 24.3 Å². The van der Waals surface area contributed by atoms with Gasteiger partial charge in [-0.15, -0.1) is 0 Å². The fourth-order valence-electron chi connectivity index (χ4n) is 5.80. The van der Waals surface area contributed by atoms with Gasteiger partial charge in [0.15, 0.2) is 0 Å². The maximum absolute atomic E-state index is 13.9. The highest BCUT2D eigenvalue weighted by atomic mass is 16.6. The molecule has 41 heavy (non-hydrogen) atoms. The molecule has 0 radical (unpaired) electrons. The second kappa shape index (κ2) is 13.2. The summed E-state index contributed by atoms with van der Waals surface area (Å²) in [5.41, 5.74) is 2.27. The van der Waals surface area contributed by atoms with E-state index < -0.39 is 4.92 Å². The van der Waals surface area contributed by atoms with Crippen molar-refractivity contribution in [2.45, 2.75) is 38.1 Å². The summed E-state index contributed by atoms with van der Waals surface area (Å²) < 4.78 is 10.8. The van der Waals surface area contributed by atoms with Gasteiger partial charge in [0.05, 0.1) is 37.0 Å². The third kappa shape index (κ3) is 6.91. The number of nitrogens with zero attached hydrogens (tertiary/aromatic N) is 5. The van der Waals surface area contributed by atoms with E-state index in [2.05, 4.69) is 4.90 Å². The summed E-state index contributed by atoms with van der Waals surface area (Å²) in [5, 5.41) is 17.4. The Bertz CT molecular complexity index is 1250. The SMILES string of the molecule is COc1ccc(C2CC(c3ccc([N+](=O)[O-])cc3)=NN2C(=O)CN(CCN2CCOCC2)C(=O)C2CCCC2)cc1. The van der Waals surface area contributed by atoms with E-state index in [0.717, 1.165) is 49.9 Å². The Balaban J connectivity index is 1.38. The van der Waals surface area contributed by atoms with Gasteiger partial charge in [-0.1, -0.05) is 25.0 Å². The molecule has 2 fully saturated rings. The molecule has 1 atom stereocenters. The van der Waals surface area contributed by atoms with Gasteiger partial charge in [-0.3, -0.25) is 24.6 Å². The number of nitro benzene ring substituents is 1. The number of ether oxygens (including phenoxy) is 2. The van der Waals surface area contributed by atoms with Crippen LogP contribution in [0.3, 0.4) is 0 Å². The fourth-order valence-corrected chi connectivity index (χ4v) is 5.80. The van der Waals surface area contributed by atoms with Crippen LogP contribution in [0.2, 0.25) is 0 Å². The largest absolute Gasteiger partial charge is 0.497 e. The van der Waals surface area contributed by atoms with Gasteiger partial charge in [0.25, 0.3) is 11.6 Å². The molecule has 0 spiro atoms. The smallest absolute Gasteiger partial charge is 0.269 e. The zero-order valence-electron chi connectivity index (χ0n) is 23.4. The highest BCUT2D eigenvalue weighted by molar-refractivity contribution is 6.03. The van der Waals surface area contributed by atoms with Crippen molar-refractivity contribution in [3.8, 4) is 5.75 Å². The Hall–Kier alpha value is -3.83. The van der Waals surface area contributed by atoms with Crippen molar-refractivity contribution >= 4 is 23.2 Å². The second-order valence-electron chi connectivity index (χ2n) is 10.8. The van der Waals surface area contributed by atoms with Crippen LogP contribution in [-0.4, -0.2) is 90.3 Å². The first-order valence-electron chi connectivity index (χ1n) is 14.3. The first kappa shape index (κ1) is 28.7. The molecule has 5 rings (SSSR count). The van der Waals surface area contributed by atoms with E-state index in [9.17, 15) is 19.7 Å². The van der Waals surface area contributed by atoms with Crippen LogP contribution in [0.15, 0.2) is 53.6 Å². The molecule has 1 saturated heterocycles. The van der Waals surface area contributed by atoms with Crippen LogP contribution >= 0.6 is 0 Å². The number of hydrogen-bond acceptors (Lipinski definition) is 8. The van der Waals surface area contributed by atoms with Gasteiger partial charge >= 0.3 is 0 Å². The Morgan fingerprint density at radius 1 is 1.07 bits per heavy atom. The number of hydrazone groups is 1. The molecule has 11 heteroatoms. The number of rotatable bonds is 10. The van der Waals surface area contributed by atoms with Crippen molar-refractivity contribution in [2.24, 2.45) is 11.0 Å². The Morgan fingerprint density at radius 2 is 1.76 bits per heavy atom. The number of nitro groups is 1. The summed E-state index contributed by atoms with van der Waals surface area (Å²) in [6.45, 7) is 4.08. The van der Waals surface area contributed by atoms with Gasteiger partial charge in [0.2, 0.25) is 5.91 Å². The standard InChI is InChI=1S/C30H37N5O6/c1-40-26-12-8-23(9-13-26)28-20-27(22-6-10-25(11-7-22)35(38)39)31-34(28)29(36)21-33(30(37)24-4-2-3-5-24)15-14-32-16-18-41-19-17-32/h6-13,24,28H,2-5,14-21H2,1H3. The van der Waals surface area contributed by atoms with Crippen molar-refractivity contribution in [3.63, 3.8) is 0 Å². The molecule has 2 heterocycles. The molecule has 2 aromatic carbocycles. The summed E-state index contributed by atoms with van der Waals surface area (Å²) in [5.74, 6) is 0.458. The monoisotopic (exact) mass is 563 g/mol. The van der Waals surface area contributed by atoms with E-state index in [-0.39, 0.29) is 36.0 Å². The van der Waals surface area contributed by atoms with Gasteiger partial charge in [-0.2, -0.15) is 5.10 Å². The highest BCUT2D eigenvalue weighted by Crippen LogP contribution is 2.34. The molecule has 2 aromatic rings. The van der Waals surface area contributed by atoms with E-state index in [1.54, 1.807) is 24.1 Å². The average molecular weight is 564 g/mol. The molecular weight excluding hydrogens is 526 g/mol. The lowest BCUT2D eigenvalue weighted by atomic mass is 9.98. The number of morpholine rings is 1. The van der Waals surface area contributed by atoms with Crippen LogP contribution in [0.25, 0.3) is 0 Å². The zero-order valence-corrected chi connectivity index (χ0v) is 23.4. The van der Waals surface area contributed by atoms with Crippen molar-refractivity contribution in [1.82, 2.24) is 14.8 Å². The van der Waals surface area contributed by atoms with Crippen LogP contribution in [0.5, 0.6) is 5.75 Å². The fraction of sp³-hybridized carbons (Fsp3) is 0.500. The Kier molecular flexibility index (Phi) is 9.25.